The lowest BCUT2D eigenvalue weighted by molar-refractivity contribution is 0.0901. The first-order valence-corrected chi connectivity index (χ1v) is 13.5. The van der Waals surface area contributed by atoms with Crippen LogP contribution in [0.5, 0.6) is 5.75 Å². The summed E-state index contributed by atoms with van der Waals surface area (Å²) in [6, 6.07) is 19.1. The second-order valence-corrected chi connectivity index (χ2v) is 10.2. The number of hydrogen-bond donors (Lipinski definition) is 1. The van der Waals surface area contributed by atoms with E-state index in [4.69, 9.17) is 13.9 Å². The standard InChI is InChI=1S/C30H32N6O4/c1-20-7-10-22-16-26(30(37)31-27(22)15-20)28(29-32-33-34-36(29)19-25-6-4-14-40-25)35(18-24-5-3-13-39-24)17-21-8-11-23(38-2)12-9-21/h3,5,7-13,15-16,25,28H,4,6,14,17-19H2,1-2H3,(H,31,37)/t25-,28-/m1/s1. The van der Waals surface area contributed by atoms with Crippen LogP contribution in [0.3, 0.4) is 0 Å². The number of rotatable bonds is 10. The summed E-state index contributed by atoms with van der Waals surface area (Å²) in [5.74, 6) is 2.12. The van der Waals surface area contributed by atoms with Gasteiger partial charge in [0.05, 0.1) is 32.6 Å². The van der Waals surface area contributed by atoms with Crippen LogP contribution in [-0.4, -0.2) is 49.9 Å². The number of tetrazole rings is 1. The lowest BCUT2D eigenvalue weighted by atomic mass is 10.0. The van der Waals surface area contributed by atoms with Crippen molar-refractivity contribution in [2.45, 2.75) is 51.5 Å². The number of aromatic nitrogens is 5. The quantitative estimate of drug-likeness (QED) is 0.278. The Bertz CT molecular complexity index is 1620. The number of nitrogens with one attached hydrogen (secondary N) is 1. The first-order chi connectivity index (χ1) is 19.6. The van der Waals surface area contributed by atoms with E-state index in [1.54, 1.807) is 18.1 Å². The average Bonchev–Trinajstić information content (AvgIpc) is 3.75. The summed E-state index contributed by atoms with van der Waals surface area (Å²) in [5, 5.41) is 13.8. The Kier molecular flexibility index (Phi) is 7.43. The van der Waals surface area contributed by atoms with Crippen molar-refractivity contribution >= 4 is 10.9 Å². The molecule has 0 saturated carbocycles. The van der Waals surface area contributed by atoms with Gasteiger partial charge in [-0.25, -0.2) is 4.68 Å². The summed E-state index contributed by atoms with van der Waals surface area (Å²) in [7, 11) is 1.65. The van der Waals surface area contributed by atoms with Crippen molar-refractivity contribution in [2.24, 2.45) is 0 Å². The molecule has 1 aliphatic rings. The molecule has 40 heavy (non-hydrogen) atoms. The van der Waals surface area contributed by atoms with Crippen molar-refractivity contribution in [3.63, 3.8) is 0 Å². The lowest BCUT2D eigenvalue weighted by Gasteiger charge is -2.30. The van der Waals surface area contributed by atoms with Gasteiger partial charge in [-0.2, -0.15) is 0 Å². The first kappa shape index (κ1) is 26.0. The molecule has 3 aromatic heterocycles. The van der Waals surface area contributed by atoms with Gasteiger partial charge in [-0.15, -0.1) is 5.10 Å². The van der Waals surface area contributed by atoms with Gasteiger partial charge in [-0.1, -0.05) is 24.3 Å². The van der Waals surface area contributed by atoms with Gasteiger partial charge in [0.1, 0.15) is 17.6 Å². The highest BCUT2D eigenvalue weighted by Gasteiger charge is 2.32. The van der Waals surface area contributed by atoms with Gasteiger partial charge in [0, 0.05) is 24.2 Å². The average molecular weight is 541 g/mol. The third kappa shape index (κ3) is 5.54. The van der Waals surface area contributed by atoms with Crippen LogP contribution >= 0.6 is 0 Å². The number of nitrogens with zero attached hydrogens (tertiary/aromatic N) is 5. The molecule has 2 atom stereocenters. The lowest BCUT2D eigenvalue weighted by Crippen LogP contribution is -2.35. The smallest absolute Gasteiger partial charge is 0.253 e. The molecule has 1 fully saturated rings. The number of aryl methyl sites for hydroxylation is 1. The molecule has 10 nitrogen and oxygen atoms in total. The number of methoxy groups -OCH3 is 1. The number of ether oxygens (including phenoxy) is 2. The molecule has 0 aliphatic carbocycles. The molecular formula is C30H32N6O4. The highest BCUT2D eigenvalue weighted by molar-refractivity contribution is 5.79. The van der Waals surface area contributed by atoms with Gasteiger partial charge in [-0.05, 0) is 83.1 Å². The molecule has 1 saturated heterocycles. The van der Waals surface area contributed by atoms with Gasteiger partial charge < -0.3 is 18.9 Å². The minimum atomic E-state index is -0.571. The summed E-state index contributed by atoms with van der Waals surface area (Å²) >= 11 is 0. The maximum atomic E-state index is 13.8. The van der Waals surface area contributed by atoms with E-state index < -0.39 is 6.04 Å². The summed E-state index contributed by atoms with van der Waals surface area (Å²) in [6.07, 6.45) is 3.64. The largest absolute Gasteiger partial charge is 0.497 e. The number of aromatic amines is 1. The van der Waals surface area contributed by atoms with E-state index in [9.17, 15) is 4.79 Å². The van der Waals surface area contributed by atoms with Crippen molar-refractivity contribution in [2.75, 3.05) is 13.7 Å². The van der Waals surface area contributed by atoms with E-state index in [0.29, 0.717) is 31.0 Å². The van der Waals surface area contributed by atoms with Crippen LogP contribution in [0.4, 0.5) is 0 Å². The highest BCUT2D eigenvalue weighted by Crippen LogP contribution is 2.31. The number of pyridine rings is 1. The molecular weight excluding hydrogens is 508 g/mol. The van der Waals surface area contributed by atoms with Gasteiger partial charge >= 0.3 is 0 Å². The van der Waals surface area contributed by atoms with Crippen molar-refractivity contribution in [3.8, 4) is 5.75 Å². The summed E-state index contributed by atoms with van der Waals surface area (Å²) in [5.41, 5.74) is 3.28. The van der Waals surface area contributed by atoms with Gasteiger partial charge in [0.2, 0.25) is 0 Å². The van der Waals surface area contributed by atoms with Gasteiger partial charge in [0.15, 0.2) is 5.82 Å². The predicted octanol–water partition coefficient (Wildman–Crippen LogP) is 4.40. The van der Waals surface area contributed by atoms with Crippen LogP contribution in [0.25, 0.3) is 10.9 Å². The van der Waals surface area contributed by atoms with E-state index >= 15 is 0 Å². The molecule has 0 unspecified atom stereocenters. The van der Waals surface area contributed by atoms with Crippen LogP contribution in [0.15, 0.2) is 76.1 Å². The zero-order valence-electron chi connectivity index (χ0n) is 22.6. The fourth-order valence-electron chi connectivity index (χ4n) is 5.36. The molecule has 10 heteroatoms. The number of fused-ring (bicyclic) bond motifs is 1. The van der Waals surface area contributed by atoms with E-state index in [0.717, 1.165) is 53.0 Å². The zero-order chi connectivity index (χ0) is 27.5. The molecule has 0 spiro atoms. The monoisotopic (exact) mass is 540 g/mol. The van der Waals surface area contributed by atoms with Crippen LogP contribution in [0.1, 0.15) is 47.2 Å². The van der Waals surface area contributed by atoms with Crippen LogP contribution in [-0.2, 0) is 24.4 Å². The van der Waals surface area contributed by atoms with Crippen LogP contribution < -0.4 is 10.3 Å². The Balaban J connectivity index is 1.48. The molecule has 6 rings (SSSR count). The van der Waals surface area contributed by atoms with Crippen molar-refractivity contribution in [3.05, 3.63) is 106 Å². The predicted molar refractivity (Wildman–Crippen MR) is 149 cm³/mol. The van der Waals surface area contributed by atoms with E-state index in [2.05, 4.69) is 25.4 Å². The molecule has 0 radical (unpaired) electrons. The van der Waals surface area contributed by atoms with Gasteiger partial charge in [0.25, 0.3) is 5.56 Å². The Morgan fingerprint density at radius 2 is 2.02 bits per heavy atom. The maximum absolute atomic E-state index is 13.8. The molecule has 0 amide bonds. The topological polar surface area (TPSA) is 111 Å². The fraction of sp³-hybridized carbons (Fsp3) is 0.333. The van der Waals surface area contributed by atoms with Crippen LogP contribution in [0.2, 0.25) is 0 Å². The Morgan fingerprint density at radius 3 is 2.77 bits per heavy atom. The van der Waals surface area contributed by atoms with Crippen molar-refractivity contribution < 1.29 is 13.9 Å². The fourth-order valence-corrected chi connectivity index (χ4v) is 5.36. The molecule has 1 N–H and O–H groups in total. The number of H-pyrrole nitrogens is 1. The summed E-state index contributed by atoms with van der Waals surface area (Å²) in [4.78, 5) is 19.0. The number of benzene rings is 2. The van der Waals surface area contributed by atoms with Crippen LogP contribution in [0, 0.1) is 6.92 Å². The minimum Gasteiger partial charge on any atom is -0.497 e. The Hall–Kier alpha value is -4.28. The molecule has 206 valence electrons. The highest BCUT2D eigenvalue weighted by atomic mass is 16.5. The number of furan rings is 1. The SMILES string of the molecule is COc1ccc(CN(Cc2ccco2)[C@H](c2cc3ccc(C)cc3[nH]c2=O)c2nnnn2C[C@H]2CCCO2)cc1. The molecule has 5 aromatic rings. The maximum Gasteiger partial charge on any atom is 0.253 e. The third-order valence-electron chi connectivity index (χ3n) is 7.38. The third-order valence-corrected chi connectivity index (χ3v) is 7.38. The second kappa shape index (κ2) is 11.4. The Labute approximate surface area is 231 Å². The second-order valence-electron chi connectivity index (χ2n) is 10.2. The normalized spacial score (nSPS) is 16.1. The van der Waals surface area contributed by atoms with E-state index in [1.165, 1.54) is 0 Å². The van der Waals surface area contributed by atoms with E-state index in [1.807, 2.05) is 67.6 Å². The Morgan fingerprint density at radius 1 is 1.15 bits per heavy atom. The first-order valence-electron chi connectivity index (χ1n) is 13.5. The number of hydrogen-bond acceptors (Lipinski definition) is 8. The van der Waals surface area contributed by atoms with E-state index in [-0.39, 0.29) is 11.7 Å². The molecule has 2 aromatic carbocycles. The summed E-state index contributed by atoms with van der Waals surface area (Å²) < 4.78 is 18.8. The summed E-state index contributed by atoms with van der Waals surface area (Å²) in [6.45, 7) is 4.20. The molecule has 0 bridgehead atoms. The zero-order valence-corrected chi connectivity index (χ0v) is 22.6. The van der Waals surface area contributed by atoms with Crippen molar-refractivity contribution in [1.82, 2.24) is 30.1 Å². The molecule has 4 heterocycles. The molecule has 1 aliphatic heterocycles. The van der Waals surface area contributed by atoms with Crippen molar-refractivity contribution in [1.29, 1.82) is 0 Å². The minimum absolute atomic E-state index is 0.0286. The van der Waals surface area contributed by atoms with Gasteiger partial charge in [-0.3, -0.25) is 9.69 Å².